The zero-order valence-corrected chi connectivity index (χ0v) is 21.3. The van der Waals surface area contributed by atoms with Crippen LogP contribution in [-0.4, -0.2) is 47.6 Å². The predicted octanol–water partition coefficient (Wildman–Crippen LogP) is 5.54. The van der Waals surface area contributed by atoms with Crippen LogP contribution in [0, 0.1) is 6.92 Å². The fourth-order valence-corrected chi connectivity index (χ4v) is 4.48. The number of nitrogens with one attached hydrogen (secondary N) is 1. The van der Waals surface area contributed by atoms with Gasteiger partial charge in [0.25, 0.3) is 0 Å². The van der Waals surface area contributed by atoms with Crippen LogP contribution >= 0.6 is 11.6 Å². The molecule has 5 nitrogen and oxygen atoms in total. The van der Waals surface area contributed by atoms with Crippen LogP contribution < -0.4 is 5.32 Å². The standard InChI is InChI=1S/C29H34ClNO4/c1-20-25(27(13-12-26(20)28(33)34)22-9-5-4-6-10-22)14-15-35-19-24(32)18-31-29(2,3)17-21-8-7-11-23(30)16-21/h4-13,16,24,31-32H,14-15,17-19H2,1-3H3,(H,33,34)/t24-/m1/s1. The van der Waals surface area contributed by atoms with E-state index in [1.807, 2.05) is 67.6 Å². The number of aliphatic hydroxyl groups is 1. The number of carboxylic acids is 1. The zero-order chi connectivity index (χ0) is 25.4. The number of ether oxygens (including phenoxy) is 1. The van der Waals surface area contributed by atoms with Gasteiger partial charge in [0.1, 0.15) is 0 Å². The van der Waals surface area contributed by atoms with Crippen molar-refractivity contribution in [2.45, 2.75) is 45.3 Å². The van der Waals surface area contributed by atoms with Crippen molar-refractivity contribution in [2.24, 2.45) is 0 Å². The highest BCUT2D eigenvalue weighted by molar-refractivity contribution is 6.30. The quantitative estimate of drug-likeness (QED) is 0.287. The second-order valence-electron chi connectivity index (χ2n) is 9.49. The molecule has 0 saturated carbocycles. The van der Waals surface area contributed by atoms with Gasteiger partial charge in [-0.05, 0) is 79.6 Å². The average molecular weight is 496 g/mol. The van der Waals surface area contributed by atoms with Gasteiger partial charge >= 0.3 is 5.97 Å². The lowest BCUT2D eigenvalue weighted by Gasteiger charge is -2.28. The maximum atomic E-state index is 11.6. The molecule has 3 aromatic carbocycles. The van der Waals surface area contributed by atoms with Crippen molar-refractivity contribution in [1.29, 1.82) is 0 Å². The molecule has 0 aromatic heterocycles. The van der Waals surface area contributed by atoms with Crippen molar-refractivity contribution in [3.8, 4) is 11.1 Å². The van der Waals surface area contributed by atoms with Crippen LogP contribution in [0.4, 0.5) is 0 Å². The van der Waals surface area contributed by atoms with Crippen molar-refractivity contribution < 1.29 is 19.7 Å². The minimum absolute atomic E-state index is 0.193. The molecule has 3 aromatic rings. The number of carboxylic acid groups (broad SMARTS) is 1. The number of hydrogen-bond donors (Lipinski definition) is 3. The van der Waals surface area contributed by atoms with Crippen molar-refractivity contribution in [1.82, 2.24) is 5.32 Å². The molecular weight excluding hydrogens is 462 g/mol. The molecule has 0 amide bonds. The fourth-order valence-electron chi connectivity index (χ4n) is 4.27. The topological polar surface area (TPSA) is 78.8 Å². The second-order valence-corrected chi connectivity index (χ2v) is 9.92. The molecule has 0 unspecified atom stereocenters. The number of aliphatic hydroxyl groups excluding tert-OH is 1. The molecule has 0 fully saturated rings. The van der Waals surface area contributed by atoms with Crippen LogP contribution in [0.3, 0.4) is 0 Å². The van der Waals surface area contributed by atoms with E-state index >= 15 is 0 Å². The number of rotatable bonds is 12. The number of carbonyl (C=O) groups is 1. The first-order chi connectivity index (χ1) is 16.7. The number of hydrogen-bond acceptors (Lipinski definition) is 4. The van der Waals surface area contributed by atoms with Crippen molar-refractivity contribution in [3.05, 3.63) is 94.0 Å². The average Bonchev–Trinajstić information content (AvgIpc) is 2.81. The molecule has 1 atom stereocenters. The highest BCUT2D eigenvalue weighted by atomic mass is 35.5. The van der Waals surface area contributed by atoms with Crippen LogP contribution in [-0.2, 0) is 17.6 Å². The van der Waals surface area contributed by atoms with Crippen LogP contribution in [0.2, 0.25) is 5.02 Å². The Morgan fingerprint density at radius 3 is 2.51 bits per heavy atom. The molecule has 0 heterocycles. The Labute approximate surface area is 212 Å². The minimum Gasteiger partial charge on any atom is -0.478 e. The van der Waals surface area contributed by atoms with Gasteiger partial charge in [-0.25, -0.2) is 4.79 Å². The Kier molecular flexibility index (Phi) is 9.47. The molecule has 0 saturated heterocycles. The van der Waals surface area contributed by atoms with E-state index in [1.54, 1.807) is 6.07 Å². The summed E-state index contributed by atoms with van der Waals surface area (Å²) < 4.78 is 5.79. The summed E-state index contributed by atoms with van der Waals surface area (Å²) in [6, 6.07) is 21.2. The highest BCUT2D eigenvalue weighted by Crippen LogP contribution is 2.29. The largest absolute Gasteiger partial charge is 0.478 e. The van der Waals surface area contributed by atoms with Crippen LogP contribution in [0.1, 0.15) is 40.9 Å². The summed E-state index contributed by atoms with van der Waals surface area (Å²) in [5.74, 6) is -0.939. The Balaban J connectivity index is 1.54. The molecule has 3 rings (SSSR count). The van der Waals surface area contributed by atoms with E-state index < -0.39 is 12.1 Å². The van der Waals surface area contributed by atoms with E-state index in [1.165, 1.54) is 0 Å². The summed E-state index contributed by atoms with van der Waals surface area (Å²) >= 11 is 6.09. The maximum absolute atomic E-state index is 11.6. The van der Waals surface area contributed by atoms with E-state index in [-0.39, 0.29) is 12.1 Å². The number of aromatic carboxylic acids is 1. The summed E-state index contributed by atoms with van der Waals surface area (Å²) in [6.45, 7) is 6.99. The van der Waals surface area contributed by atoms with Gasteiger partial charge in [-0.2, -0.15) is 0 Å². The third-order valence-corrected chi connectivity index (χ3v) is 6.31. The van der Waals surface area contributed by atoms with E-state index in [4.69, 9.17) is 16.3 Å². The molecule has 0 aliphatic rings. The van der Waals surface area contributed by atoms with Crippen molar-refractivity contribution in [3.63, 3.8) is 0 Å². The Morgan fingerprint density at radius 1 is 1.09 bits per heavy atom. The molecule has 0 aliphatic heterocycles. The summed E-state index contributed by atoms with van der Waals surface area (Å²) in [7, 11) is 0. The molecule has 35 heavy (non-hydrogen) atoms. The zero-order valence-electron chi connectivity index (χ0n) is 20.6. The number of benzene rings is 3. The predicted molar refractivity (Wildman–Crippen MR) is 141 cm³/mol. The molecule has 0 radical (unpaired) electrons. The molecule has 0 spiro atoms. The fraction of sp³-hybridized carbons (Fsp3) is 0.345. The summed E-state index contributed by atoms with van der Waals surface area (Å²) in [5, 5.41) is 24.1. The highest BCUT2D eigenvalue weighted by Gasteiger charge is 2.20. The van der Waals surface area contributed by atoms with Crippen LogP contribution in [0.15, 0.2) is 66.7 Å². The van der Waals surface area contributed by atoms with Gasteiger partial charge in [0, 0.05) is 17.1 Å². The van der Waals surface area contributed by atoms with Gasteiger partial charge in [-0.15, -0.1) is 0 Å². The molecular formula is C29H34ClNO4. The van der Waals surface area contributed by atoms with Gasteiger partial charge in [0.05, 0.1) is 24.9 Å². The summed E-state index contributed by atoms with van der Waals surface area (Å²) in [4.78, 5) is 11.6. The Morgan fingerprint density at radius 2 is 1.83 bits per heavy atom. The summed E-state index contributed by atoms with van der Waals surface area (Å²) in [6.07, 6.45) is 0.675. The Bertz CT molecular complexity index is 1130. The lowest BCUT2D eigenvalue weighted by atomic mass is 9.91. The second kappa shape index (κ2) is 12.3. The molecule has 0 aliphatic carbocycles. The van der Waals surface area contributed by atoms with Crippen molar-refractivity contribution >= 4 is 17.6 Å². The lowest BCUT2D eigenvalue weighted by Crippen LogP contribution is -2.46. The lowest BCUT2D eigenvalue weighted by molar-refractivity contribution is 0.0348. The minimum atomic E-state index is -0.939. The number of halogens is 1. The van der Waals surface area contributed by atoms with E-state index in [9.17, 15) is 15.0 Å². The first kappa shape index (κ1) is 26.9. The van der Waals surface area contributed by atoms with Crippen LogP contribution in [0.5, 0.6) is 0 Å². The van der Waals surface area contributed by atoms with Gasteiger partial charge in [-0.1, -0.05) is 60.1 Å². The first-order valence-electron chi connectivity index (χ1n) is 11.8. The van der Waals surface area contributed by atoms with Crippen molar-refractivity contribution in [2.75, 3.05) is 19.8 Å². The smallest absolute Gasteiger partial charge is 0.335 e. The first-order valence-corrected chi connectivity index (χ1v) is 12.2. The normalized spacial score (nSPS) is 12.5. The molecule has 0 bridgehead atoms. The molecule has 3 N–H and O–H groups in total. The van der Waals surface area contributed by atoms with Gasteiger partial charge in [0.15, 0.2) is 0 Å². The molecule has 6 heteroatoms. The molecule has 186 valence electrons. The Hall–Kier alpha value is -2.70. The monoisotopic (exact) mass is 495 g/mol. The third-order valence-electron chi connectivity index (χ3n) is 6.07. The van der Waals surface area contributed by atoms with E-state index in [0.717, 1.165) is 34.2 Å². The van der Waals surface area contributed by atoms with E-state index in [2.05, 4.69) is 19.2 Å². The van der Waals surface area contributed by atoms with Gasteiger partial charge < -0.3 is 20.3 Å². The SMILES string of the molecule is Cc1c(C(=O)O)ccc(-c2ccccc2)c1CCOC[C@H](O)CNC(C)(C)Cc1cccc(Cl)c1. The summed E-state index contributed by atoms with van der Waals surface area (Å²) in [5.41, 5.74) is 4.94. The maximum Gasteiger partial charge on any atom is 0.335 e. The van der Waals surface area contributed by atoms with Gasteiger partial charge in [-0.3, -0.25) is 0 Å². The third kappa shape index (κ3) is 7.91. The number of β-amino-alcohol motifs (C(OH)–C–C–N with tert-alkyl or cyclic N) is 1. The van der Waals surface area contributed by atoms with Crippen LogP contribution in [0.25, 0.3) is 11.1 Å². The van der Waals surface area contributed by atoms with Gasteiger partial charge in [0.2, 0.25) is 0 Å². The van der Waals surface area contributed by atoms with E-state index in [0.29, 0.717) is 30.2 Å².